The molecule has 7 heavy (non-hydrogen) atoms. The van der Waals surface area contributed by atoms with Gasteiger partial charge in [-0.1, -0.05) is 38.5 Å². The van der Waals surface area contributed by atoms with Gasteiger partial charge in [-0.3, -0.25) is 0 Å². The lowest BCUT2D eigenvalue weighted by Crippen LogP contribution is -2.38. The Morgan fingerprint density at radius 1 is 1.71 bits per heavy atom. The van der Waals surface area contributed by atoms with E-state index in [9.17, 15) is 0 Å². The van der Waals surface area contributed by atoms with E-state index in [0.29, 0.717) is 14.1 Å². The summed E-state index contributed by atoms with van der Waals surface area (Å²) in [5.74, 6) is 0. The first kappa shape index (κ1) is 6.62. The molecular weight excluding hydrogens is 290 g/mol. The highest BCUT2D eigenvalue weighted by Crippen LogP contribution is 2.37. The zero-order chi connectivity index (χ0) is 5.44. The minimum atomic E-state index is 0.376. The predicted molar refractivity (Wildman–Crippen MR) is 44.8 cm³/mol. The highest BCUT2D eigenvalue weighted by atomic mass is 127. The normalized spacial score (nSPS) is 51.0. The first-order valence-electron chi connectivity index (χ1n) is 2.14. The third-order valence-corrected chi connectivity index (χ3v) is 4.71. The minimum absolute atomic E-state index is 0.376. The van der Waals surface area contributed by atoms with E-state index in [2.05, 4.69) is 38.5 Å². The van der Waals surface area contributed by atoms with Crippen LogP contribution in [0.3, 0.4) is 0 Å². The molecular formula is C4H5BrClI. The lowest BCUT2D eigenvalue weighted by molar-refractivity contribution is 0.578. The van der Waals surface area contributed by atoms with Crippen LogP contribution in [0.15, 0.2) is 0 Å². The molecule has 0 aromatic rings. The van der Waals surface area contributed by atoms with E-state index < -0.39 is 0 Å². The number of alkyl halides is 3. The Morgan fingerprint density at radius 3 is 2.29 bits per heavy atom. The van der Waals surface area contributed by atoms with Crippen molar-refractivity contribution in [1.29, 1.82) is 0 Å². The van der Waals surface area contributed by atoms with Crippen molar-refractivity contribution in [2.24, 2.45) is 0 Å². The number of hydrogen-bond acceptors (Lipinski definition) is 0. The summed E-state index contributed by atoms with van der Waals surface area (Å²) >= 11 is 11.6. The number of hydrogen-bond donors (Lipinski definition) is 0. The molecule has 0 aromatic heterocycles. The average Bonchev–Trinajstić information content (AvgIpc) is 1.68. The molecule has 2 unspecified atom stereocenters. The smallest absolute Gasteiger partial charge is 0.0579 e. The largest absolute Gasteiger partial charge is 0.121 e. The molecule has 1 aliphatic carbocycles. The van der Waals surface area contributed by atoms with Crippen molar-refractivity contribution in [3.05, 3.63) is 0 Å². The van der Waals surface area contributed by atoms with Gasteiger partial charge in [-0.2, -0.15) is 0 Å². The van der Waals surface area contributed by atoms with Crippen molar-refractivity contribution < 1.29 is 0 Å². The maximum absolute atomic E-state index is 5.80. The van der Waals surface area contributed by atoms with Gasteiger partial charge in [0.15, 0.2) is 0 Å². The van der Waals surface area contributed by atoms with Gasteiger partial charge >= 0.3 is 0 Å². The van der Waals surface area contributed by atoms with Gasteiger partial charge < -0.3 is 0 Å². The van der Waals surface area contributed by atoms with Crippen LogP contribution in [-0.2, 0) is 0 Å². The van der Waals surface area contributed by atoms with E-state index in [1.165, 1.54) is 6.42 Å². The molecule has 1 rings (SSSR count). The summed E-state index contributed by atoms with van der Waals surface area (Å²) in [5.41, 5.74) is 0. The topological polar surface area (TPSA) is 0 Å². The quantitative estimate of drug-likeness (QED) is 0.476. The minimum Gasteiger partial charge on any atom is -0.121 e. The van der Waals surface area contributed by atoms with E-state index in [1.54, 1.807) is 0 Å². The van der Waals surface area contributed by atoms with E-state index >= 15 is 0 Å². The Hall–Kier alpha value is 1.50. The first-order chi connectivity index (χ1) is 3.22. The molecule has 0 nitrogen and oxygen atoms in total. The predicted octanol–water partition coefficient (Wildman–Crippen LogP) is 2.56. The third-order valence-electron chi connectivity index (χ3n) is 1.14. The van der Waals surface area contributed by atoms with Gasteiger partial charge in [-0.05, 0) is 6.42 Å². The Labute approximate surface area is 70.3 Å². The summed E-state index contributed by atoms with van der Waals surface area (Å²) in [5, 5.41) is 0.376. The molecule has 0 bridgehead atoms. The van der Waals surface area contributed by atoms with Crippen LogP contribution in [0.25, 0.3) is 0 Å². The fourth-order valence-electron chi connectivity index (χ4n) is 0.506. The highest BCUT2D eigenvalue weighted by Gasteiger charge is 2.35. The summed E-state index contributed by atoms with van der Waals surface area (Å²) < 4.78 is 0.698. The van der Waals surface area contributed by atoms with Crippen LogP contribution in [0.2, 0.25) is 0 Å². The summed E-state index contributed by atoms with van der Waals surface area (Å²) in [6.07, 6.45) is 1.23. The maximum atomic E-state index is 5.80. The van der Waals surface area contributed by atoms with Crippen LogP contribution >= 0.6 is 50.1 Å². The van der Waals surface area contributed by atoms with Crippen molar-refractivity contribution in [3.8, 4) is 0 Å². The van der Waals surface area contributed by atoms with Crippen molar-refractivity contribution >= 4 is 50.1 Å². The molecule has 42 valence electrons. The molecule has 1 saturated carbocycles. The van der Waals surface area contributed by atoms with Crippen LogP contribution in [-0.4, -0.2) is 14.1 Å². The maximum Gasteiger partial charge on any atom is 0.0579 e. The van der Waals surface area contributed by atoms with E-state index in [0.717, 1.165) is 0 Å². The van der Waals surface area contributed by atoms with Gasteiger partial charge in [0.25, 0.3) is 0 Å². The molecule has 0 saturated heterocycles. The summed E-state index contributed by atoms with van der Waals surface area (Å²) in [7, 11) is 0. The zero-order valence-electron chi connectivity index (χ0n) is 3.57. The molecule has 0 aromatic carbocycles. The van der Waals surface area contributed by atoms with Crippen LogP contribution in [0.5, 0.6) is 0 Å². The lowest BCUT2D eigenvalue weighted by Gasteiger charge is -2.32. The van der Waals surface area contributed by atoms with Crippen molar-refractivity contribution in [2.45, 2.75) is 20.5 Å². The fourth-order valence-corrected chi connectivity index (χ4v) is 3.80. The standard InChI is InChI=1S/C4H5BrClI/c5-2-1-3(7)4(2)6/h2-4H,1H2/t2?,3?,4-/m1/s1. The van der Waals surface area contributed by atoms with Crippen molar-refractivity contribution in [3.63, 3.8) is 0 Å². The molecule has 1 fully saturated rings. The van der Waals surface area contributed by atoms with Gasteiger partial charge in [0.2, 0.25) is 0 Å². The molecule has 0 N–H and O–H groups in total. The van der Waals surface area contributed by atoms with Crippen molar-refractivity contribution in [1.82, 2.24) is 0 Å². The first-order valence-corrected chi connectivity index (χ1v) is 4.74. The molecule has 1 aliphatic rings. The van der Waals surface area contributed by atoms with Crippen LogP contribution < -0.4 is 0 Å². The molecule has 3 heteroatoms. The third kappa shape index (κ3) is 1.24. The molecule has 3 atom stereocenters. The van der Waals surface area contributed by atoms with Gasteiger partial charge in [-0.25, -0.2) is 0 Å². The number of halogens is 3. The Kier molecular flexibility index (Phi) is 2.27. The monoisotopic (exact) mass is 294 g/mol. The molecule has 0 heterocycles. The van der Waals surface area contributed by atoms with Gasteiger partial charge in [0, 0.05) is 8.75 Å². The van der Waals surface area contributed by atoms with E-state index in [4.69, 9.17) is 11.6 Å². The van der Waals surface area contributed by atoms with Gasteiger partial charge in [-0.15, -0.1) is 11.6 Å². The average molecular weight is 295 g/mol. The van der Waals surface area contributed by atoms with Crippen LogP contribution in [0, 0.1) is 0 Å². The second kappa shape index (κ2) is 2.40. The SMILES string of the molecule is Cl[C@@H]1C(Br)CC1I. The summed E-state index contributed by atoms with van der Waals surface area (Å²) in [4.78, 5) is 0.580. The zero-order valence-corrected chi connectivity index (χ0v) is 8.07. The van der Waals surface area contributed by atoms with Gasteiger partial charge in [0.05, 0.1) is 5.38 Å². The number of rotatable bonds is 0. The second-order valence-corrected chi connectivity index (χ2v) is 4.99. The molecule has 0 spiro atoms. The molecule has 0 radical (unpaired) electrons. The summed E-state index contributed by atoms with van der Waals surface area (Å²) in [6.45, 7) is 0. The van der Waals surface area contributed by atoms with Gasteiger partial charge in [0.1, 0.15) is 0 Å². The molecule has 0 amide bonds. The Bertz CT molecular complexity index is 70.1. The second-order valence-electron chi connectivity index (χ2n) is 1.71. The van der Waals surface area contributed by atoms with Crippen LogP contribution in [0.4, 0.5) is 0 Å². The van der Waals surface area contributed by atoms with Crippen LogP contribution in [0.1, 0.15) is 6.42 Å². The Balaban J connectivity index is 2.29. The highest BCUT2D eigenvalue weighted by molar-refractivity contribution is 14.1. The van der Waals surface area contributed by atoms with E-state index in [-0.39, 0.29) is 0 Å². The van der Waals surface area contributed by atoms with Crippen molar-refractivity contribution in [2.75, 3.05) is 0 Å². The van der Waals surface area contributed by atoms with E-state index in [1.807, 2.05) is 0 Å². The Morgan fingerprint density at radius 2 is 2.29 bits per heavy atom. The lowest BCUT2D eigenvalue weighted by atomic mass is 10.00. The molecule has 0 aliphatic heterocycles. The summed E-state index contributed by atoms with van der Waals surface area (Å²) in [6, 6.07) is 0. The fraction of sp³-hybridized carbons (Fsp3) is 1.00.